The number of anilines is 2. The molecule has 0 bridgehead atoms. The van der Waals surface area contributed by atoms with Crippen molar-refractivity contribution in [1.82, 2.24) is 0 Å². The minimum Gasteiger partial charge on any atom is -0.733 e. The SMILES string of the molecule is Cc1cc(/C(C#N)=C\c2ccc(N(C)C)cc2)cc(C)c1N([O-])O. The van der Waals surface area contributed by atoms with Crippen LogP contribution < -0.4 is 10.1 Å². The van der Waals surface area contributed by atoms with Crippen molar-refractivity contribution in [2.24, 2.45) is 0 Å². The number of benzene rings is 2. The molecular weight excluding hydrogens is 302 g/mol. The van der Waals surface area contributed by atoms with E-state index >= 15 is 0 Å². The highest BCUT2D eigenvalue weighted by molar-refractivity contribution is 5.90. The van der Waals surface area contributed by atoms with E-state index in [2.05, 4.69) is 6.07 Å². The van der Waals surface area contributed by atoms with Crippen LogP contribution in [0.3, 0.4) is 0 Å². The van der Waals surface area contributed by atoms with Crippen molar-refractivity contribution in [1.29, 1.82) is 5.26 Å². The zero-order valence-corrected chi connectivity index (χ0v) is 14.2. The fraction of sp³-hybridized carbons (Fsp3) is 0.211. The Bertz CT molecular complexity index is 777. The summed E-state index contributed by atoms with van der Waals surface area (Å²) in [6, 6.07) is 13.5. The predicted molar refractivity (Wildman–Crippen MR) is 97.8 cm³/mol. The number of hydrogen-bond acceptors (Lipinski definition) is 5. The molecule has 0 aliphatic rings. The van der Waals surface area contributed by atoms with Crippen LogP contribution in [0.25, 0.3) is 11.6 Å². The Morgan fingerprint density at radius 1 is 1.12 bits per heavy atom. The Kier molecular flexibility index (Phi) is 5.24. The molecule has 0 atom stereocenters. The Hall–Kier alpha value is -2.81. The minimum atomic E-state index is -0.135. The zero-order valence-electron chi connectivity index (χ0n) is 14.2. The van der Waals surface area contributed by atoms with Gasteiger partial charge in [0.1, 0.15) is 0 Å². The largest absolute Gasteiger partial charge is 0.733 e. The van der Waals surface area contributed by atoms with Crippen LogP contribution in [0, 0.1) is 30.4 Å². The van der Waals surface area contributed by atoms with E-state index in [4.69, 9.17) is 0 Å². The highest BCUT2D eigenvalue weighted by Gasteiger charge is 2.09. The highest BCUT2D eigenvalue weighted by atomic mass is 16.8. The summed E-state index contributed by atoms with van der Waals surface area (Å²) >= 11 is 0. The van der Waals surface area contributed by atoms with E-state index in [9.17, 15) is 15.7 Å². The molecule has 2 aromatic carbocycles. The lowest BCUT2D eigenvalue weighted by atomic mass is 9.98. The first kappa shape index (κ1) is 17.5. The van der Waals surface area contributed by atoms with Gasteiger partial charge in [-0.05, 0) is 66.4 Å². The first-order valence-corrected chi connectivity index (χ1v) is 7.50. The quantitative estimate of drug-likeness (QED) is 0.520. The van der Waals surface area contributed by atoms with Crippen LogP contribution in [-0.2, 0) is 0 Å². The third-order valence-electron chi connectivity index (χ3n) is 3.83. The van der Waals surface area contributed by atoms with Gasteiger partial charge in [-0.1, -0.05) is 12.1 Å². The molecule has 2 aromatic rings. The lowest BCUT2D eigenvalue weighted by Crippen LogP contribution is -2.10. The number of rotatable bonds is 4. The van der Waals surface area contributed by atoms with Gasteiger partial charge in [0.15, 0.2) is 0 Å². The number of nitrogens with zero attached hydrogens (tertiary/aromatic N) is 3. The summed E-state index contributed by atoms with van der Waals surface area (Å²) in [6.45, 7) is 3.46. The monoisotopic (exact) mass is 322 g/mol. The number of hydrogen-bond donors (Lipinski definition) is 1. The van der Waals surface area contributed by atoms with Crippen molar-refractivity contribution in [3.63, 3.8) is 0 Å². The van der Waals surface area contributed by atoms with E-state index in [0.717, 1.165) is 16.8 Å². The van der Waals surface area contributed by atoms with E-state index in [-0.39, 0.29) is 10.9 Å². The maximum Gasteiger partial charge on any atom is 0.0998 e. The molecule has 2 rings (SSSR count). The van der Waals surface area contributed by atoms with Gasteiger partial charge in [0.2, 0.25) is 0 Å². The highest BCUT2D eigenvalue weighted by Crippen LogP contribution is 2.29. The molecule has 0 aliphatic heterocycles. The van der Waals surface area contributed by atoms with Crippen LogP contribution in [-0.4, -0.2) is 19.3 Å². The van der Waals surface area contributed by atoms with Crippen LogP contribution in [0.4, 0.5) is 11.4 Å². The van der Waals surface area contributed by atoms with E-state index in [1.807, 2.05) is 43.3 Å². The molecule has 0 aromatic heterocycles. The van der Waals surface area contributed by atoms with Crippen molar-refractivity contribution in [3.05, 3.63) is 63.9 Å². The van der Waals surface area contributed by atoms with E-state index in [1.54, 1.807) is 32.1 Å². The van der Waals surface area contributed by atoms with Gasteiger partial charge in [-0.3, -0.25) is 5.21 Å². The summed E-state index contributed by atoms with van der Waals surface area (Å²) in [6.07, 6.45) is 1.81. The third-order valence-corrected chi connectivity index (χ3v) is 3.83. The fourth-order valence-electron chi connectivity index (χ4n) is 2.63. The normalized spacial score (nSPS) is 11.1. The number of allylic oxidation sites excluding steroid dienone is 1. The summed E-state index contributed by atoms with van der Waals surface area (Å²) in [5.74, 6) is 0. The van der Waals surface area contributed by atoms with Gasteiger partial charge in [-0.15, -0.1) is 0 Å². The first-order valence-electron chi connectivity index (χ1n) is 7.50. The second-order valence-electron chi connectivity index (χ2n) is 5.89. The van der Waals surface area contributed by atoms with Gasteiger partial charge in [-0.2, -0.15) is 5.26 Å². The molecule has 0 spiro atoms. The van der Waals surface area contributed by atoms with Crippen LogP contribution in [0.15, 0.2) is 36.4 Å². The molecular formula is C19H20N3O2-. The molecule has 1 N–H and O–H groups in total. The Morgan fingerprint density at radius 2 is 1.67 bits per heavy atom. The summed E-state index contributed by atoms with van der Waals surface area (Å²) in [4.78, 5) is 2.01. The maximum atomic E-state index is 11.2. The van der Waals surface area contributed by atoms with Gasteiger partial charge < -0.3 is 15.3 Å². The van der Waals surface area contributed by atoms with Gasteiger partial charge in [0.05, 0.1) is 17.3 Å². The van der Waals surface area contributed by atoms with Crippen LogP contribution in [0.2, 0.25) is 0 Å². The Labute approximate surface area is 142 Å². The maximum absolute atomic E-state index is 11.2. The average Bonchev–Trinajstić information content (AvgIpc) is 2.51. The molecule has 0 unspecified atom stereocenters. The smallest absolute Gasteiger partial charge is 0.0998 e. The molecule has 0 amide bonds. The van der Waals surface area contributed by atoms with Crippen LogP contribution in [0.5, 0.6) is 0 Å². The lowest BCUT2D eigenvalue weighted by molar-refractivity contribution is 0.295. The minimum absolute atomic E-state index is 0.135. The van der Waals surface area contributed by atoms with Crippen LogP contribution >= 0.6 is 0 Å². The van der Waals surface area contributed by atoms with Crippen molar-refractivity contribution >= 4 is 23.0 Å². The molecule has 0 aliphatic carbocycles. The molecule has 124 valence electrons. The zero-order chi connectivity index (χ0) is 17.9. The Morgan fingerprint density at radius 3 is 2.08 bits per heavy atom. The van der Waals surface area contributed by atoms with Gasteiger partial charge in [0.25, 0.3) is 0 Å². The van der Waals surface area contributed by atoms with Crippen molar-refractivity contribution in [3.8, 4) is 6.07 Å². The molecule has 0 saturated carbocycles. The second-order valence-corrected chi connectivity index (χ2v) is 5.89. The standard InChI is InChI=1S/C19H20N3O2/c1-13-9-16(10-14(2)19(13)22(23)24)17(12-20)11-15-5-7-18(8-6-15)21(3)4/h5-11,23H,1-4H3/q-1/b17-11-. The molecule has 0 fully saturated rings. The molecule has 0 heterocycles. The summed E-state index contributed by atoms with van der Waals surface area (Å²) in [7, 11) is 3.94. The topological polar surface area (TPSA) is 73.6 Å². The summed E-state index contributed by atoms with van der Waals surface area (Å²) < 4.78 is 0. The molecule has 24 heavy (non-hydrogen) atoms. The average molecular weight is 322 g/mol. The van der Waals surface area contributed by atoms with E-state index < -0.39 is 0 Å². The van der Waals surface area contributed by atoms with Gasteiger partial charge in [-0.25, -0.2) is 0 Å². The van der Waals surface area contributed by atoms with Crippen molar-refractivity contribution in [2.45, 2.75) is 13.8 Å². The molecule has 0 saturated heterocycles. The van der Waals surface area contributed by atoms with E-state index in [0.29, 0.717) is 16.7 Å². The Balaban J connectivity index is 2.43. The summed E-state index contributed by atoms with van der Waals surface area (Å²) in [5, 5.41) is 29.7. The second kappa shape index (κ2) is 7.18. The molecule has 5 nitrogen and oxygen atoms in total. The predicted octanol–water partition coefficient (Wildman–Crippen LogP) is 4.13. The van der Waals surface area contributed by atoms with Crippen molar-refractivity contribution in [2.75, 3.05) is 24.2 Å². The van der Waals surface area contributed by atoms with Crippen LogP contribution in [0.1, 0.15) is 22.3 Å². The van der Waals surface area contributed by atoms with E-state index in [1.165, 1.54) is 0 Å². The lowest BCUT2D eigenvalue weighted by Gasteiger charge is -2.26. The van der Waals surface area contributed by atoms with Crippen molar-refractivity contribution < 1.29 is 5.21 Å². The summed E-state index contributed by atoms with van der Waals surface area (Å²) in [5.41, 5.74) is 4.67. The third kappa shape index (κ3) is 3.74. The first-order chi connectivity index (χ1) is 11.3. The number of nitriles is 1. The fourth-order valence-corrected chi connectivity index (χ4v) is 2.63. The molecule has 5 heteroatoms. The number of aryl methyl sites for hydroxylation is 2. The molecule has 0 radical (unpaired) electrons. The van der Waals surface area contributed by atoms with Gasteiger partial charge in [0, 0.05) is 19.8 Å². The van der Waals surface area contributed by atoms with Gasteiger partial charge >= 0.3 is 0 Å².